The molecule has 18 heavy (non-hydrogen) atoms. The highest BCUT2D eigenvalue weighted by atomic mass is 16.5. The van der Waals surface area contributed by atoms with Gasteiger partial charge in [-0.25, -0.2) is 0 Å². The first-order chi connectivity index (χ1) is 8.72. The van der Waals surface area contributed by atoms with E-state index in [0.29, 0.717) is 17.9 Å². The monoisotopic (exact) mass is 237 g/mol. The van der Waals surface area contributed by atoms with Crippen molar-refractivity contribution in [1.29, 1.82) is 5.26 Å². The summed E-state index contributed by atoms with van der Waals surface area (Å²) >= 11 is 0. The van der Waals surface area contributed by atoms with Crippen LogP contribution >= 0.6 is 0 Å². The molecule has 0 heterocycles. The van der Waals surface area contributed by atoms with Crippen LogP contribution in [-0.4, -0.2) is 0 Å². The number of hydrogen-bond acceptors (Lipinski definition) is 2. The van der Waals surface area contributed by atoms with Gasteiger partial charge in [0.25, 0.3) is 0 Å². The van der Waals surface area contributed by atoms with Crippen molar-refractivity contribution in [2.75, 3.05) is 0 Å². The molecule has 0 amide bonds. The zero-order valence-electron chi connectivity index (χ0n) is 10.6. The van der Waals surface area contributed by atoms with Gasteiger partial charge in [0.1, 0.15) is 18.4 Å². The van der Waals surface area contributed by atoms with E-state index in [1.54, 1.807) is 6.07 Å². The number of benzene rings is 2. The second kappa shape index (κ2) is 5.37. The quantitative estimate of drug-likeness (QED) is 0.814. The van der Waals surface area contributed by atoms with Gasteiger partial charge in [0.2, 0.25) is 0 Å². The Hall–Kier alpha value is -2.27. The Balaban J connectivity index is 2.20. The van der Waals surface area contributed by atoms with E-state index in [4.69, 9.17) is 10.00 Å². The molecule has 2 aromatic rings. The van der Waals surface area contributed by atoms with Gasteiger partial charge in [-0.05, 0) is 42.7 Å². The highest BCUT2D eigenvalue weighted by Gasteiger charge is 2.05. The second-order valence-electron chi connectivity index (χ2n) is 4.27. The minimum atomic E-state index is 0.497. The van der Waals surface area contributed by atoms with E-state index in [1.165, 1.54) is 16.7 Å². The van der Waals surface area contributed by atoms with Crippen molar-refractivity contribution in [3.05, 3.63) is 64.7 Å². The van der Waals surface area contributed by atoms with Crippen LogP contribution in [0.5, 0.6) is 5.75 Å². The fourth-order valence-corrected chi connectivity index (χ4v) is 1.91. The predicted molar refractivity (Wildman–Crippen MR) is 71.4 cm³/mol. The summed E-state index contributed by atoms with van der Waals surface area (Å²) in [4.78, 5) is 0. The number of rotatable bonds is 3. The van der Waals surface area contributed by atoms with Crippen molar-refractivity contribution >= 4 is 0 Å². The molecule has 0 aromatic heterocycles. The molecule has 0 saturated carbocycles. The summed E-state index contributed by atoms with van der Waals surface area (Å²) in [6, 6.07) is 15.6. The standard InChI is InChI=1S/C16H15NO/c1-12-6-5-7-13(2)15(12)11-18-16-9-4-3-8-14(16)10-17/h3-9H,11H2,1-2H3. The van der Waals surface area contributed by atoms with Gasteiger partial charge < -0.3 is 4.74 Å². The Kier molecular flexibility index (Phi) is 3.64. The van der Waals surface area contributed by atoms with E-state index >= 15 is 0 Å². The number of aryl methyl sites for hydroxylation is 2. The Morgan fingerprint density at radius 1 is 1.00 bits per heavy atom. The van der Waals surface area contributed by atoms with Crippen LogP contribution in [0.1, 0.15) is 22.3 Å². The van der Waals surface area contributed by atoms with Crippen molar-refractivity contribution < 1.29 is 4.74 Å². The molecule has 0 aliphatic carbocycles. The largest absolute Gasteiger partial charge is 0.488 e. The fraction of sp³-hybridized carbons (Fsp3) is 0.188. The molecule has 2 aromatic carbocycles. The fourth-order valence-electron chi connectivity index (χ4n) is 1.91. The lowest BCUT2D eigenvalue weighted by Gasteiger charge is -2.12. The van der Waals surface area contributed by atoms with Crippen LogP contribution in [0.2, 0.25) is 0 Å². The number of nitriles is 1. The van der Waals surface area contributed by atoms with Gasteiger partial charge in [0, 0.05) is 0 Å². The summed E-state index contributed by atoms with van der Waals surface area (Å²) in [7, 11) is 0. The predicted octanol–water partition coefficient (Wildman–Crippen LogP) is 3.75. The Labute approximate surface area is 107 Å². The molecule has 2 rings (SSSR count). The highest BCUT2D eigenvalue weighted by Crippen LogP contribution is 2.20. The summed E-state index contributed by atoms with van der Waals surface area (Å²) in [5, 5.41) is 8.99. The summed E-state index contributed by atoms with van der Waals surface area (Å²) in [5.41, 5.74) is 4.18. The molecule has 0 atom stereocenters. The molecule has 2 heteroatoms. The Morgan fingerprint density at radius 2 is 1.67 bits per heavy atom. The second-order valence-corrected chi connectivity index (χ2v) is 4.27. The topological polar surface area (TPSA) is 33.0 Å². The van der Waals surface area contributed by atoms with Crippen molar-refractivity contribution in [1.82, 2.24) is 0 Å². The minimum Gasteiger partial charge on any atom is -0.488 e. The van der Waals surface area contributed by atoms with Crippen LogP contribution in [0.25, 0.3) is 0 Å². The van der Waals surface area contributed by atoms with Crippen LogP contribution in [-0.2, 0) is 6.61 Å². The molecule has 90 valence electrons. The van der Waals surface area contributed by atoms with Crippen molar-refractivity contribution in [3.63, 3.8) is 0 Å². The van der Waals surface area contributed by atoms with Gasteiger partial charge in [-0.3, -0.25) is 0 Å². The number of hydrogen-bond donors (Lipinski definition) is 0. The Bertz CT molecular complexity index is 576. The lowest BCUT2D eigenvalue weighted by molar-refractivity contribution is 0.303. The molecule has 2 nitrogen and oxygen atoms in total. The average Bonchev–Trinajstić information content (AvgIpc) is 2.38. The molecule has 0 unspecified atom stereocenters. The third-order valence-electron chi connectivity index (χ3n) is 3.02. The zero-order valence-corrected chi connectivity index (χ0v) is 10.6. The summed E-state index contributed by atoms with van der Waals surface area (Å²) in [6.45, 7) is 4.64. The SMILES string of the molecule is Cc1cccc(C)c1COc1ccccc1C#N. The van der Waals surface area contributed by atoms with E-state index in [2.05, 4.69) is 32.0 Å². The number of nitrogens with zero attached hydrogens (tertiary/aromatic N) is 1. The first-order valence-corrected chi connectivity index (χ1v) is 5.89. The van der Waals surface area contributed by atoms with E-state index in [1.807, 2.05) is 24.3 Å². The molecule has 0 fully saturated rings. The summed E-state index contributed by atoms with van der Waals surface area (Å²) in [5.74, 6) is 0.641. The zero-order chi connectivity index (χ0) is 13.0. The normalized spacial score (nSPS) is 9.83. The van der Waals surface area contributed by atoms with Gasteiger partial charge in [0.15, 0.2) is 0 Å². The van der Waals surface area contributed by atoms with E-state index in [9.17, 15) is 0 Å². The van der Waals surface area contributed by atoms with Gasteiger partial charge >= 0.3 is 0 Å². The number of para-hydroxylation sites is 1. The smallest absolute Gasteiger partial charge is 0.137 e. The third kappa shape index (κ3) is 2.52. The maximum absolute atomic E-state index is 8.99. The van der Waals surface area contributed by atoms with Gasteiger partial charge in [-0.15, -0.1) is 0 Å². The van der Waals surface area contributed by atoms with Crippen molar-refractivity contribution in [2.45, 2.75) is 20.5 Å². The number of ether oxygens (including phenoxy) is 1. The lowest BCUT2D eigenvalue weighted by atomic mass is 10.0. The molecular weight excluding hydrogens is 222 g/mol. The molecule has 0 N–H and O–H groups in total. The summed E-state index contributed by atoms with van der Waals surface area (Å²) < 4.78 is 5.75. The van der Waals surface area contributed by atoms with Crippen LogP contribution in [0, 0.1) is 25.2 Å². The van der Waals surface area contributed by atoms with E-state index in [-0.39, 0.29) is 0 Å². The van der Waals surface area contributed by atoms with E-state index in [0.717, 1.165) is 0 Å². The van der Waals surface area contributed by atoms with Gasteiger partial charge in [-0.2, -0.15) is 5.26 Å². The molecule has 0 radical (unpaired) electrons. The van der Waals surface area contributed by atoms with Crippen LogP contribution < -0.4 is 4.74 Å². The molecular formula is C16H15NO. The van der Waals surface area contributed by atoms with Gasteiger partial charge in [0.05, 0.1) is 5.56 Å². The highest BCUT2D eigenvalue weighted by molar-refractivity contribution is 5.43. The molecule has 0 aliphatic heterocycles. The van der Waals surface area contributed by atoms with Crippen LogP contribution in [0.3, 0.4) is 0 Å². The summed E-state index contributed by atoms with van der Waals surface area (Å²) in [6.07, 6.45) is 0. The maximum atomic E-state index is 8.99. The third-order valence-corrected chi connectivity index (χ3v) is 3.02. The first kappa shape index (κ1) is 12.2. The molecule has 0 saturated heterocycles. The van der Waals surface area contributed by atoms with Crippen LogP contribution in [0.15, 0.2) is 42.5 Å². The maximum Gasteiger partial charge on any atom is 0.137 e. The average molecular weight is 237 g/mol. The first-order valence-electron chi connectivity index (χ1n) is 5.89. The Morgan fingerprint density at radius 3 is 2.33 bits per heavy atom. The molecule has 0 bridgehead atoms. The lowest BCUT2D eigenvalue weighted by Crippen LogP contribution is -2.01. The van der Waals surface area contributed by atoms with Crippen molar-refractivity contribution in [2.24, 2.45) is 0 Å². The van der Waals surface area contributed by atoms with Crippen molar-refractivity contribution in [3.8, 4) is 11.8 Å². The van der Waals surface area contributed by atoms with Crippen LogP contribution in [0.4, 0.5) is 0 Å². The molecule has 0 aliphatic rings. The molecule has 0 spiro atoms. The van der Waals surface area contributed by atoms with Gasteiger partial charge in [-0.1, -0.05) is 30.3 Å². The minimum absolute atomic E-state index is 0.497. The van der Waals surface area contributed by atoms with E-state index < -0.39 is 0 Å².